The summed E-state index contributed by atoms with van der Waals surface area (Å²) in [5, 5.41) is 0. The van der Waals surface area contributed by atoms with Crippen molar-refractivity contribution in [3.63, 3.8) is 0 Å². The van der Waals surface area contributed by atoms with Crippen molar-refractivity contribution >= 4 is 0 Å². The molecule has 0 amide bonds. The zero-order valence-corrected chi connectivity index (χ0v) is 11.3. The van der Waals surface area contributed by atoms with Crippen molar-refractivity contribution in [3.8, 4) is 0 Å². The van der Waals surface area contributed by atoms with E-state index >= 15 is 0 Å². The van der Waals surface area contributed by atoms with Crippen LogP contribution in [0.25, 0.3) is 0 Å². The van der Waals surface area contributed by atoms with Crippen molar-refractivity contribution in [2.24, 2.45) is 11.7 Å². The summed E-state index contributed by atoms with van der Waals surface area (Å²) in [6.45, 7) is 6.42. The van der Waals surface area contributed by atoms with E-state index in [4.69, 9.17) is 5.73 Å². The molecule has 2 atom stereocenters. The number of aromatic nitrogens is 2. The van der Waals surface area contributed by atoms with Crippen LogP contribution >= 0.6 is 0 Å². The minimum absolute atomic E-state index is 0.0323. The Hall–Kier alpha value is -0.960. The van der Waals surface area contributed by atoms with Gasteiger partial charge in [0.15, 0.2) is 0 Å². The largest absolute Gasteiger partial charge is 0.323 e. The van der Waals surface area contributed by atoms with Gasteiger partial charge in [-0.15, -0.1) is 0 Å². The van der Waals surface area contributed by atoms with Crippen LogP contribution < -0.4 is 5.73 Å². The topological polar surface area (TPSA) is 51.8 Å². The maximum absolute atomic E-state index is 6.19. The van der Waals surface area contributed by atoms with E-state index in [9.17, 15) is 0 Å². The summed E-state index contributed by atoms with van der Waals surface area (Å²) in [4.78, 5) is 8.61. The highest BCUT2D eigenvalue weighted by atomic mass is 14.8. The van der Waals surface area contributed by atoms with Crippen molar-refractivity contribution in [2.45, 2.75) is 58.9 Å². The fourth-order valence-corrected chi connectivity index (χ4v) is 2.06. The number of nitrogens with zero attached hydrogens (tertiary/aromatic N) is 2. The molecule has 0 aromatic carbocycles. The second kappa shape index (κ2) is 7.38. The Morgan fingerprint density at radius 2 is 2.00 bits per heavy atom. The summed E-state index contributed by atoms with van der Waals surface area (Å²) < 4.78 is 0. The normalized spacial score (nSPS) is 14.6. The Balaban J connectivity index is 2.51. The SMILES string of the molecule is CCCCC(CC)CC(N)c1cnc(C)cn1. The third kappa shape index (κ3) is 4.82. The summed E-state index contributed by atoms with van der Waals surface area (Å²) in [6, 6.07) is 0.0323. The lowest BCUT2D eigenvalue weighted by Crippen LogP contribution is -2.17. The predicted molar refractivity (Wildman–Crippen MR) is 71.6 cm³/mol. The molecule has 0 radical (unpaired) electrons. The Bertz CT molecular complexity index is 308. The van der Waals surface area contributed by atoms with Gasteiger partial charge in [0.05, 0.1) is 17.6 Å². The van der Waals surface area contributed by atoms with Gasteiger partial charge in [-0.25, -0.2) is 0 Å². The molecule has 3 nitrogen and oxygen atoms in total. The molecule has 0 saturated heterocycles. The minimum Gasteiger partial charge on any atom is -0.323 e. The molecule has 0 bridgehead atoms. The van der Waals surface area contributed by atoms with E-state index in [1.807, 2.05) is 13.1 Å². The summed E-state index contributed by atoms with van der Waals surface area (Å²) in [5.41, 5.74) is 8.06. The first kappa shape index (κ1) is 14.1. The number of unbranched alkanes of at least 4 members (excludes halogenated alkanes) is 1. The summed E-state index contributed by atoms with van der Waals surface area (Å²) >= 11 is 0. The number of rotatable bonds is 7. The van der Waals surface area contributed by atoms with E-state index in [2.05, 4.69) is 23.8 Å². The van der Waals surface area contributed by atoms with Gasteiger partial charge in [0.25, 0.3) is 0 Å². The van der Waals surface area contributed by atoms with Crippen molar-refractivity contribution in [1.82, 2.24) is 9.97 Å². The average Bonchev–Trinajstić information content (AvgIpc) is 2.35. The molecular weight excluding hydrogens is 210 g/mol. The van der Waals surface area contributed by atoms with E-state index in [1.54, 1.807) is 6.20 Å². The maximum Gasteiger partial charge on any atom is 0.0754 e. The predicted octanol–water partition coefficient (Wildman–Crippen LogP) is 3.39. The highest BCUT2D eigenvalue weighted by molar-refractivity contribution is 5.05. The van der Waals surface area contributed by atoms with Gasteiger partial charge in [-0.05, 0) is 19.3 Å². The zero-order valence-electron chi connectivity index (χ0n) is 11.3. The summed E-state index contributed by atoms with van der Waals surface area (Å²) in [7, 11) is 0. The number of aryl methyl sites for hydroxylation is 1. The molecule has 3 heteroatoms. The Kier molecular flexibility index (Phi) is 6.12. The molecule has 1 rings (SSSR count). The first-order valence-electron chi connectivity index (χ1n) is 6.71. The van der Waals surface area contributed by atoms with E-state index < -0.39 is 0 Å². The van der Waals surface area contributed by atoms with Crippen LogP contribution in [0.15, 0.2) is 12.4 Å². The molecule has 1 heterocycles. The van der Waals surface area contributed by atoms with Crippen molar-refractivity contribution in [2.75, 3.05) is 0 Å². The van der Waals surface area contributed by atoms with Gasteiger partial charge >= 0.3 is 0 Å². The van der Waals surface area contributed by atoms with Crippen LogP contribution in [-0.4, -0.2) is 9.97 Å². The highest BCUT2D eigenvalue weighted by Gasteiger charge is 2.14. The van der Waals surface area contributed by atoms with Crippen LogP contribution in [0.3, 0.4) is 0 Å². The number of hydrogen-bond acceptors (Lipinski definition) is 3. The summed E-state index contributed by atoms with van der Waals surface area (Å²) in [6.07, 6.45) is 9.66. The smallest absolute Gasteiger partial charge is 0.0754 e. The van der Waals surface area contributed by atoms with Crippen LogP contribution in [0.1, 0.15) is 63.4 Å². The lowest BCUT2D eigenvalue weighted by atomic mass is 9.91. The van der Waals surface area contributed by atoms with E-state index in [0.29, 0.717) is 5.92 Å². The Labute approximate surface area is 105 Å². The molecule has 2 N–H and O–H groups in total. The highest BCUT2D eigenvalue weighted by Crippen LogP contribution is 2.23. The third-order valence-electron chi connectivity index (χ3n) is 3.31. The summed E-state index contributed by atoms with van der Waals surface area (Å²) in [5.74, 6) is 0.716. The Morgan fingerprint density at radius 1 is 1.24 bits per heavy atom. The maximum atomic E-state index is 6.19. The molecule has 0 aliphatic rings. The molecule has 1 aromatic heterocycles. The van der Waals surface area contributed by atoms with Crippen molar-refractivity contribution in [3.05, 3.63) is 23.8 Å². The average molecular weight is 235 g/mol. The van der Waals surface area contributed by atoms with Crippen LogP contribution in [0.4, 0.5) is 0 Å². The van der Waals surface area contributed by atoms with Crippen LogP contribution in [-0.2, 0) is 0 Å². The van der Waals surface area contributed by atoms with Crippen molar-refractivity contribution < 1.29 is 0 Å². The monoisotopic (exact) mass is 235 g/mol. The fourth-order valence-electron chi connectivity index (χ4n) is 2.06. The second-order valence-corrected chi connectivity index (χ2v) is 4.84. The first-order chi connectivity index (χ1) is 8.17. The van der Waals surface area contributed by atoms with E-state index in [0.717, 1.165) is 17.8 Å². The molecule has 0 aliphatic carbocycles. The van der Waals surface area contributed by atoms with Gasteiger partial charge in [-0.3, -0.25) is 9.97 Å². The first-order valence-corrected chi connectivity index (χ1v) is 6.71. The van der Waals surface area contributed by atoms with E-state index in [-0.39, 0.29) is 6.04 Å². The van der Waals surface area contributed by atoms with Crippen LogP contribution in [0.5, 0.6) is 0 Å². The molecular formula is C14H25N3. The zero-order chi connectivity index (χ0) is 12.7. The molecule has 0 fully saturated rings. The van der Waals surface area contributed by atoms with Gasteiger partial charge in [-0.2, -0.15) is 0 Å². The van der Waals surface area contributed by atoms with Crippen LogP contribution in [0, 0.1) is 12.8 Å². The third-order valence-corrected chi connectivity index (χ3v) is 3.31. The molecule has 0 spiro atoms. The van der Waals surface area contributed by atoms with Crippen LogP contribution in [0.2, 0.25) is 0 Å². The lowest BCUT2D eigenvalue weighted by Gasteiger charge is -2.19. The molecule has 1 aromatic rings. The van der Waals surface area contributed by atoms with E-state index in [1.165, 1.54) is 25.7 Å². The molecule has 2 unspecified atom stereocenters. The van der Waals surface area contributed by atoms with Gasteiger partial charge < -0.3 is 5.73 Å². The second-order valence-electron chi connectivity index (χ2n) is 4.84. The van der Waals surface area contributed by atoms with Gasteiger partial charge in [0.2, 0.25) is 0 Å². The quantitative estimate of drug-likeness (QED) is 0.788. The molecule has 0 saturated carbocycles. The minimum atomic E-state index is 0.0323. The fraction of sp³-hybridized carbons (Fsp3) is 0.714. The molecule has 0 aliphatic heterocycles. The number of hydrogen-bond donors (Lipinski definition) is 1. The molecule has 17 heavy (non-hydrogen) atoms. The van der Waals surface area contributed by atoms with Gasteiger partial charge in [-0.1, -0.05) is 39.5 Å². The Morgan fingerprint density at radius 3 is 2.53 bits per heavy atom. The lowest BCUT2D eigenvalue weighted by molar-refractivity contribution is 0.385. The standard InChI is InChI=1S/C14H25N3/c1-4-6-7-12(5-2)8-13(15)14-10-16-11(3)9-17-14/h9-10,12-13H,4-8,15H2,1-3H3. The van der Waals surface area contributed by atoms with Crippen molar-refractivity contribution in [1.29, 1.82) is 0 Å². The van der Waals surface area contributed by atoms with Gasteiger partial charge in [0, 0.05) is 12.2 Å². The van der Waals surface area contributed by atoms with Gasteiger partial charge in [0.1, 0.15) is 0 Å². The molecule has 96 valence electrons. The number of nitrogens with two attached hydrogens (primary N) is 1.